The number of hydrogen-bond acceptors (Lipinski definition) is 4. The van der Waals surface area contributed by atoms with Crippen LogP contribution in [0.2, 0.25) is 0 Å². The minimum absolute atomic E-state index is 0.0331. The lowest BCUT2D eigenvalue weighted by Gasteiger charge is -2.29. The molecule has 2 saturated heterocycles. The van der Waals surface area contributed by atoms with Crippen molar-refractivity contribution in [1.29, 1.82) is 0 Å². The second-order valence-electron chi connectivity index (χ2n) is 4.81. The number of cyclic esters (lactones) is 1. The quantitative estimate of drug-likeness (QED) is 0.686. The molecule has 0 aromatic carbocycles. The number of fused-ring (bicyclic) bond motifs is 2. The second-order valence-corrected chi connectivity index (χ2v) is 4.81. The van der Waals surface area contributed by atoms with E-state index < -0.39 is 6.10 Å². The van der Waals surface area contributed by atoms with Crippen LogP contribution in [0.25, 0.3) is 0 Å². The molecule has 0 radical (unpaired) electrons. The zero-order chi connectivity index (χ0) is 12.9. The molecule has 0 saturated carbocycles. The number of amides is 1. The molecule has 5 nitrogen and oxygen atoms in total. The van der Waals surface area contributed by atoms with Crippen molar-refractivity contribution in [2.75, 3.05) is 6.61 Å². The number of ether oxygens (including phenoxy) is 2. The van der Waals surface area contributed by atoms with Gasteiger partial charge in [0.05, 0.1) is 12.1 Å². The molecule has 3 rings (SSSR count). The average molecular weight is 249 g/mol. The molecule has 2 bridgehead atoms. The third-order valence-corrected chi connectivity index (χ3v) is 3.80. The summed E-state index contributed by atoms with van der Waals surface area (Å²) in [5.74, 6) is -0.0978. The highest BCUT2D eigenvalue weighted by atomic mass is 16.6. The summed E-state index contributed by atoms with van der Waals surface area (Å²) < 4.78 is 10.7. The number of rotatable bonds is 2. The standard InChI is InChI=1S/C13H15NO4/c1-3-8-6-17-13(16)14(8)11-7(2)12-9(15)4-5-10(11)18-12/h4-5,8,10-12H,2-3,6H2,1H3/t8-,10-,11-,12-/m0/s1. The lowest BCUT2D eigenvalue weighted by atomic mass is 10.00. The zero-order valence-corrected chi connectivity index (χ0v) is 10.2. The summed E-state index contributed by atoms with van der Waals surface area (Å²) in [4.78, 5) is 25.2. The van der Waals surface area contributed by atoms with E-state index in [0.29, 0.717) is 12.2 Å². The van der Waals surface area contributed by atoms with Crippen molar-refractivity contribution >= 4 is 11.9 Å². The monoisotopic (exact) mass is 249 g/mol. The summed E-state index contributed by atoms with van der Waals surface area (Å²) in [5, 5.41) is 0. The minimum atomic E-state index is -0.601. The fraction of sp³-hybridized carbons (Fsp3) is 0.538. The van der Waals surface area contributed by atoms with Gasteiger partial charge in [0.1, 0.15) is 18.8 Å². The van der Waals surface area contributed by atoms with Crippen LogP contribution in [-0.4, -0.2) is 47.7 Å². The minimum Gasteiger partial charge on any atom is -0.447 e. The van der Waals surface area contributed by atoms with Crippen LogP contribution in [0.4, 0.5) is 4.79 Å². The molecule has 4 atom stereocenters. The van der Waals surface area contributed by atoms with E-state index in [4.69, 9.17) is 9.47 Å². The third-order valence-electron chi connectivity index (χ3n) is 3.80. The van der Waals surface area contributed by atoms with Crippen LogP contribution in [-0.2, 0) is 14.3 Å². The molecule has 2 fully saturated rings. The van der Waals surface area contributed by atoms with E-state index in [0.717, 1.165) is 6.42 Å². The number of hydrogen-bond donors (Lipinski definition) is 0. The highest BCUT2D eigenvalue weighted by Crippen LogP contribution is 2.36. The first-order valence-electron chi connectivity index (χ1n) is 6.14. The van der Waals surface area contributed by atoms with E-state index >= 15 is 0 Å². The highest BCUT2D eigenvalue weighted by Gasteiger charge is 2.50. The molecule has 18 heavy (non-hydrogen) atoms. The van der Waals surface area contributed by atoms with E-state index in [-0.39, 0.29) is 30.1 Å². The molecular weight excluding hydrogens is 234 g/mol. The molecule has 0 aromatic rings. The van der Waals surface area contributed by atoms with Gasteiger partial charge in [0, 0.05) is 0 Å². The predicted octanol–water partition coefficient (Wildman–Crippen LogP) is 1.05. The third kappa shape index (κ3) is 1.43. The lowest BCUT2D eigenvalue weighted by Crippen LogP contribution is -2.46. The van der Waals surface area contributed by atoms with E-state index in [1.54, 1.807) is 11.0 Å². The molecule has 0 N–H and O–H groups in total. The van der Waals surface area contributed by atoms with Gasteiger partial charge in [-0.05, 0) is 24.1 Å². The van der Waals surface area contributed by atoms with Gasteiger partial charge in [-0.3, -0.25) is 9.69 Å². The summed E-state index contributed by atoms with van der Waals surface area (Å²) in [6, 6.07) is -0.247. The molecule has 1 amide bonds. The van der Waals surface area contributed by atoms with Gasteiger partial charge >= 0.3 is 6.09 Å². The van der Waals surface area contributed by atoms with Crippen LogP contribution in [0, 0.1) is 0 Å². The van der Waals surface area contributed by atoms with Gasteiger partial charge in [0.2, 0.25) is 0 Å². The van der Waals surface area contributed by atoms with Crippen LogP contribution in [0.1, 0.15) is 13.3 Å². The number of carbonyl (C=O) groups is 2. The fourth-order valence-corrected chi connectivity index (χ4v) is 2.83. The van der Waals surface area contributed by atoms with Crippen molar-refractivity contribution in [2.45, 2.75) is 37.6 Å². The Morgan fingerprint density at radius 2 is 2.28 bits per heavy atom. The van der Waals surface area contributed by atoms with E-state index in [9.17, 15) is 9.59 Å². The molecule has 3 aliphatic rings. The summed E-state index contributed by atoms with van der Waals surface area (Å²) in [6.07, 6.45) is 2.82. The van der Waals surface area contributed by atoms with Gasteiger partial charge in [0.25, 0.3) is 0 Å². The molecular formula is C13H15NO4. The average Bonchev–Trinajstić information content (AvgIpc) is 2.84. The molecule has 0 aliphatic carbocycles. The Bertz CT molecular complexity index is 456. The Morgan fingerprint density at radius 3 is 2.94 bits per heavy atom. The Labute approximate surface area is 105 Å². The van der Waals surface area contributed by atoms with Gasteiger partial charge in [-0.15, -0.1) is 0 Å². The smallest absolute Gasteiger partial charge is 0.410 e. The topological polar surface area (TPSA) is 55.8 Å². The molecule has 0 aromatic heterocycles. The first-order valence-corrected chi connectivity index (χ1v) is 6.14. The number of carbonyl (C=O) groups excluding carboxylic acids is 2. The first-order chi connectivity index (χ1) is 8.63. The van der Waals surface area contributed by atoms with Gasteiger partial charge in [-0.1, -0.05) is 13.5 Å². The van der Waals surface area contributed by atoms with E-state index in [1.807, 2.05) is 6.92 Å². The molecule has 3 heterocycles. The van der Waals surface area contributed by atoms with Crippen molar-refractivity contribution in [3.8, 4) is 0 Å². The van der Waals surface area contributed by atoms with Gasteiger partial charge in [0.15, 0.2) is 5.78 Å². The van der Waals surface area contributed by atoms with Crippen LogP contribution in [0.5, 0.6) is 0 Å². The van der Waals surface area contributed by atoms with Crippen molar-refractivity contribution in [3.63, 3.8) is 0 Å². The number of ketones is 1. The Morgan fingerprint density at radius 1 is 1.50 bits per heavy atom. The second kappa shape index (κ2) is 3.95. The summed E-state index contributed by atoms with van der Waals surface area (Å²) in [6.45, 7) is 6.34. The maximum absolute atomic E-state index is 11.8. The van der Waals surface area contributed by atoms with Crippen LogP contribution < -0.4 is 0 Å². The van der Waals surface area contributed by atoms with Crippen molar-refractivity contribution in [2.24, 2.45) is 0 Å². The number of nitrogens with zero attached hydrogens (tertiary/aromatic N) is 1. The molecule has 3 aliphatic heterocycles. The highest BCUT2D eigenvalue weighted by molar-refractivity contribution is 5.98. The summed E-state index contributed by atoms with van der Waals surface area (Å²) in [7, 11) is 0. The SMILES string of the molecule is C=C1[C@@H]2O[C@@H](C=CC2=O)[C@H]1N1C(=O)OC[C@@H]1CC. The van der Waals surface area contributed by atoms with Gasteiger partial charge < -0.3 is 9.47 Å². The molecule has 5 heteroatoms. The lowest BCUT2D eigenvalue weighted by molar-refractivity contribution is -0.124. The van der Waals surface area contributed by atoms with Crippen molar-refractivity contribution in [3.05, 3.63) is 24.3 Å². The van der Waals surface area contributed by atoms with E-state index in [1.165, 1.54) is 6.08 Å². The largest absolute Gasteiger partial charge is 0.447 e. The van der Waals surface area contributed by atoms with Gasteiger partial charge in [-0.25, -0.2) is 4.79 Å². The van der Waals surface area contributed by atoms with Crippen LogP contribution in [0.15, 0.2) is 24.3 Å². The van der Waals surface area contributed by atoms with Crippen LogP contribution >= 0.6 is 0 Å². The van der Waals surface area contributed by atoms with Crippen molar-refractivity contribution < 1.29 is 19.1 Å². The Balaban J connectivity index is 1.93. The first kappa shape index (κ1) is 11.5. The molecule has 96 valence electrons. The zero-order valence-electron chi connectivity index (χ0n) is 10.2. The maximum Gasteiger partial charge on any atom is 0.410 e. The summed E-state index contributed by atoms with van der Waals surface area (Å²) >= 11 is 0. The van der Waals surface area contributed by atoms with Crippen molar-refractivity contribution in [1.82, 2.24) is 4.90 Å². The van der Waals surface area contributed by atoms with Gasteiger partial charge in [-0.2, -0.15) is 0 Å². The van der Waals surface area contributed by atoms with E-state index in [2.05, 4.69) is 6.58 Å². The summed E-state index contributed by atoms with van der Waals surface area (Å²) in [5.41, 5.74) is 0.660. The fourth-order valence-electron chi connectivity index (χ4n) is 2.83. The Hall–Kier alpha value is -1.62. The predicted molar refractivity (Wildman–Crippen MR) is 63.0 cm³/mol. The normalized spacial score (nSPS) is 38.5. The maximum atomic E-state index is 11.8. The Kier molecular flexibility index (Phi) is 2.52. The molecule has 0 spiro atoms. The van der Waals surface area contributed by atoms with Crippen LogP contribution in [0.3, 0.4) is 0 Å². The molecule has 0 unspecified atom stereocenters.